The molecule has 2 nitrogen and oxygen atoms in total. The molecule has 0 spiro atoms. The summed E-state index contributed by atoms with van der Waals surface area (Å²) in [6.07, 6.45) is 4.25. The first-order valence-corrected chi connectivity index (χ1v) is 5.66. The molecule has 76 valence electrons. The molecule has 0 saturated carbocycles. The molecule has 0 aliphatic carbocycles. The SMILES string of the molecule is CC1CCN(C)C(CC2CNC2)C1. The summed E-state index contributed by atoms with van der Waals surface area (Å²) >= 11 is 0. The molecule has 2 aliphatic rings. The number of nitrogens with one attached hydrogen (secondary N) is 1. The van der Waals surface area contributed by atoms with Gasteiger partial charge in [0.05, 0.1) is 0 Å². The molecule has 2 fully saturated rings. The van der Waals surface area contributed by atoms with E-state index in [4.69, 9.17) is 0 Å². The average Bonchev–Trinajstić information content (AvgIpc) is 2.03. The fourth-order valence-corrected chi connectivity index (χ4v) is 2.54. The van der Waals surface area contributed by atoms with E-state index in [1.165, 1.54) is 38.9 Å². The van der Waals surface area contributed by atoms with E-state index in [1.54, 1.807) is 0 Å². The van der Waals surface area contributed by atoms with Gasteiger partial charge < -0.3 is 10.2 Å². The third kappa shape index (κ3) is 2.23. The van der Waals surface area contributed by atoms with Crippen LogP contribution in [0.15, 0.2) is 0 Å². The van der Waals surface area contributed by atoms with Gasteiger partial charge in [-0.25, -0.2) is 0 Å². The first-order chi connectivity index (χ1) is 6.25. The number of hydrogen-bond acceptors (Lipinski definition) is 2. The molecule has 2 heterocycles. The first kappa shape index (κ1) is 9.47. The Morgan fingerprint density at radius 2 is 2.15 bits per heavy atom. The van der Waals surface area contributed by atoms with Gasteiger partial charge in [0, 0.05) is 6.04 Å². The van der Waals surface area contributed by atoms with Gasteiger partial charge in [-0.15, -0.1) is 0 Å². The lowest BCUT2D eigenvalue weighted by Crippen LogP contribution is -2.48. The smallest absolute Gasteiger partial charge is 0.00983 e. The molecule has 2 aliphatic heterocycles. The summed E-state index contributed by atoms with van der Waals surface area (Å²) in [5.41, 5.74) is 0. The molecule has 0 radical (unpaired) electrons. The Kier molecular flexibility index (Phi) is 2.89. The van der Waals surface area contributed by atoms with Crippen LogP contribution in [0.4, 0.5) is 0 Å². The molecule has 13 heavy (non-hydrogen) atoms. The molecule has 2 unspecified atom stereocenters. The van der Waals surface area contributed by atoms with Crippen molar-refractivity contribution in [1.82, 2.24) is 10.2 Å². The predicted octanol–water partition coefficient (Wildman–Crippen LogP) is 1.33. The van der Waals surface area contributed by atoms with Crippen LogP contribution < -0.4 is 5.32 Å². The molecular formula is C11H22N2. The molecule has 0 aromatic rings. The van der Waals surface area contributed by atoms with Crippen LogP contribution >= 0.6 is 0 Å². The summed E-state index contributed by atoms with van der Waals surface area (Å²) in [6, 6.07) is 0.871. The van der Waals surface area contributed by atoms with Crippen molar-refractivity contribution in [3.8, 4) is 0 Å². The molecular weight excluding hydrogens is 160 g/mol. The molecule has 0 aromatic carbocycles. The second-order valence-corrected chi connectivity index (χ2v) is 5.02. The van der Waals surface area contributed by atoms with Gasteiger partial charge in [0.15, 0.2) is 0 Å². The average molecular weight is 182 g/mol. The standard InChI is InChI=1S/C11H22N2/c1-9-3-4-13(2)11(5-9)6-10-7-12-8-10/h9-12H,3-8H2,1-2H3. The summed E-state index contributed by atoms with van der Waals surface area (Å²) in [7, 11) is 2.29. The fraction of sp³-hybridized carbons (Fsp3) is 1.00. The Bertz CT molecular complexity index is 165. The Balaban J connectivity index is 1.80. The number of piperidine rings is 1. The van der Waals surface area contributed by atoms with Crippen molar-refractivity contribution in [2.75, 3.05) is 26.7 Å². The van der Waals surface area contributed by atoms with Crippen molar-refractivity contribution >= 4 is 0 Å². The highest BCUT2D eigenvalue weighted by Gasteiger charge is 2.28. The number of rotatable bonds is 2. The van der Waals surface area contributed by atoms with Gasteiger partial charge in [0.25, 0.3) is 0 Å². The molecule has 0 bridgehead atoms. The quantitative estimate of drug-likeness (QED) is 0.693. The third-order valence-corrected chi connectivity index (χ3v) is 3.74. The summed E-state index contributed by atoms with van der Waals surface area (Å²) in [4.78, 5) is 2.57. The van der Waals surface area contributed by atoms with Gasteiger partial charge in [-0.1, -0.05) is 6.92 Å². The van der Waals surface area contributed by atoms with Crippen LogP contribution in [-0.2, 0) is 0 Å². The van der Waals surface area contributed by atoms with E-state index in [0.29, 0.717) is 0 Å². The lowest BCUT2D eigenvalue weighted by Gasteiger charge is -2.40. The molecule has 2 atom stereocenters. The fourth-order valence-electron chi connectivity index (χ4n) is 2.54. The summed E-state index contributed by atoms with van der Waals surface area (Å²) < 4.78 is 0. The Morgan fingerprint density at radius 3 is 2.77 bits per heavy atom. The maximum absolute atomic E-state index is 3.36. The molecule has 2 heteroatoms. The van der Waals surface area contributed by atoms with Crippen LogP contribution in [0.5, 0.6) is 0 Å². The Labute approximate surface area is 81.7 Å². The van der Waals surface area contributed by atoms with Gasteiger partial charge in [0.2, 0.25) is 0 Å². The molecule has 0 amide bonds. The summed E-state index contributed by atoms with van der Waals surface area (Å²) in [5, 5.41) is 3.36. The number of nitrogens with zero attached hydrogens (tertiary/aromatic N) is 1. The van der Waals surface area contributed by atoms with Crippen LogP contribution in [0.3, 0.4) is 0 Å². The first-order valence-electron chi connectivity index (χ1n) is 5.66. The number of likely N-dealkylation sites (tertiary alicyclic amines) is 1. The Hall–Kier alpha value is -0.0800. The van der Waals surface area contributed by atoms with Crippen LogP contribution in [0, 0.1) is 11.8 Å². The van der Waals surface area contributed by atoms with Gasteiger partial charge in [-0.05, 0) is 57.8 Å². The van der Waals surface area contributed by atoms with Crippen LogP contribution in [0.1, 0.15) is 26.2 Å². The van der Waals surface area contributed by atoms with Crippen molar-refractivity contribution in [2.24, 2.45) is 11.8 Å². The van der Waals surface area contributed by atoms with Gasteiger partial charge in [0.1, 0.15) is 0 Å². The van der Waals surface area contributed by atoms with Crippen LogP contribution in [0.2, 0.25) is 0 Å². The van der Waals surface area contributed by atoms with E-state index in [-0.39, 0.29) is 0 Å². The second-order valence-electron chi connectivity index (χ2n) is 5.02. The van der Waals surface area contributed by atoms with Crippen molar-refractivity contribution in [3.63, 3.8) is 0 Å². The normalized spacial score (nSPS) is 37.4. The monoisotopic (exact) mass is 182 g/mol. The van der Waals surface area contributed by atoms with E-state index >= 15 is 0 Å². The molecule has 1 N–H and O–H groups in total. The lowest BCUT2D eigenvalue weighted by molar-refractivity contribution is 0.114. The van der Waals surface area contributed by atoms with Crippen molar-refractivity contribution in [3.05, 3.63) is 0 Å². The second kappa shape index (κ2) is 3.97. The largest absolute Gasteiger partial charge is 0.316 e. The van der Waals surface area contributed by atoms with Gasteiger partial charge >= 0.3 is 0 Å². The highest BCUT2D eigenvalue weighted by molar-refractivity contribution is 4.84. The van der Waals surface area contributed by atoms with Gasteiger partial charge in [-0.3, -0.25) is 0 Å². The van der Waals surface area contributed by atoms with E-state index < -0.39 is 0 Å². The van der Waals surface area contributed by atoms with Crippen molar-refractivity contribution in [1.29, 1.82) is 0 Å². The highest BCUT2D eigenvalue weighted by Crippen LogP contribution is 2.26. The van der Waals surface area contributed by atoms with E-state index in [0.717, 1.165) is 17.9 Å². The van der Waals surface area contributed by atoms with E-state index in [1.807, 2.05) is 0 Å². The van der Waals surface area contributed by atoms with E-state index in [9.17, 15) is 0 Å². The number of hydrogen-bond donors (Lipinski definition) is 1. The summed E-state index contributed by atoms with van der Waals surface area (Å²) in [5.74, 6) is 1.92. The zero-order valence-electron chi connectivity index (χ0n) is 8.92. The molecule has 2 rings (SSSR count). The summed E-state index contributed by atoms with van der Waals surface area (Å²) in [6.45, 7) is 6.24. The predicted molar refractivity (Wildman–Crippen MR) is 55.8 cm³/mol. The lowest BCUT2D eigenvalue weighted by atomic mass is 9.85. The van der Waals surface area contributed by atoms with Crippen molar-refractivity contribution in [2.45, 2.75) is 32.2 Å². The molecule has 2 saturated heterocycles. The third-order valence-electron chi connectivity index (χ3n) is 3.74. The Morgan fingerprint density at radius 1 is 1.38 bits per heavy atom. The van der Waals surface area contributed by atoms with Crippen LogP contribution in [0.25, 0.3) is 0 Å². The zero-order valence-corrected chi connectivity index (χ0v) is 8.92. The zero-order chi connectivity index (χ0) is 9.26. The van der Waals surface area contributed by atoms with Crippen LogP contribution in [-0.4, -0.2) is 37.6 Å². The topological polar surface area (TPSA) is 15.3 Å². The van der Waals surface area contributed by atoms with Gasteiger partial charge in [-0.2, -0.15) is 0 Å². The van der Waals surface area contributed by atoms with E-state index in [2.05, 4.69) is 24.2 Å². The minimum absolute atomic E-state index is 0.871. The van der Waals surface area contributed by atoms with Crippen molar-refractivity contribution < 1.29 is 0 Å². The highest BCUT2D eigenvalue weighted by atomic mass is 15.1. The maximum atomic E-state index is 3.36. The maximum Gasteiger partial charge on any atom is 0.00983 e. The minimum atomic E-state index is 0.871. The minimum Gasteiger partial charge on any atom is -0.316 e. The molecule has 0 aromatic heterocycles.